The van der Waals surface area contributed by atoms with Crippen molar-refractivity contribution in [3.05, 3.63) is 35.4 Å². The summed E-state index contributed by atoms with van der Waals surface area (Å²) in [4.78, 5) is 13.8. The number of methoxy groups -OCH3 is 3. The molecule has 0 heterocycles. The van der Waals surface area contributed by atoms with E-state index < -0.39 is 0 Å². The van der Waals surface area contributed by atoms with E-state index in [4.69, 9.17) is 18.9 Å². The number of carbonyl (C=O) groups is 1. The molecule has 5 nitrogen and oxygen atoms in total. The van der Waals surface area contributed by atoms with Crippen LogP contribution >= 0.6 is 11.8 Å². The van der Waals surface area contributed by atoms with E-state index in [0.29, 0.717) is 30.1 Å². The SMILES string of the molecule is CCCCCCC(=O)O[C@H]1CCc2cc(OC)c(OC)c(OC)c2-c2ccc(SC)cc21. The normalized spacial score (nSPS) is 14.7. The number of rotatable bonds is 10. The third kappa shape index (κ3) is 5.17. The highest BCUT2D eigenvalue weighted by atomic mass is 32.2. The van der Waals surface area contributed by atoms with Gasteiger partial charge in [-0.25, -0.2) is 0 Å². The molecule has 1 atom stereocenters. The first-order valence-electron chi connectivity index (χ1n) is 11.3. The summed E-state index contributed by atoms with van der Waals surface area (Å²) in [7, 11) is 4.89. The number of thioether (sulfide) groups is 1. The Morgan fingerprint density at radius 1 is 1.03 bits per heavy atom. The lowest BCUT2D eigenvalue weighted by Gasteiger charge is -2.21. The first kappa shape index (κ1) is 24.3. The van der Waals surface area contributed by atoms with Gasteiger partial charge in [-0.2, -0.15) is 0 Å². The molecule has 0 N–H and O–H groups in total. The summed E-state index contributed by atoms with van der Waals surface area (Å²) in [5, 5.41) is 0. The van der Waals surface area contributed by atoms with E-state index >= 15 is 0 Å². The molecule has 2 aromatic carbocycles. The fraction of sp³-hybridized carbons (Fsp3) is 0.500. The minimum Gasteiger partial charge on any atom is -0.493 e. The van der Waals surface area contributed by atoms with Crippen LogP contribution in [-0.4, -0.2) is 33.6 Å². The minimum absolute atomic E-state index is 0.125. The molecule has 0 saturated heterocycles. The Kier molecular flexibility index (Phi) is 8.74. The van der Waals surface area contributed by atoms with Crippen molar-refractivity contribution in [2.45, 2.75) is 62.9 Å². The Bertz CT molecular complexity index is 940. The lowest BCUT2D eigenvalue weighted by molar-refractivity contribution is -0.149. The summed E-state index contributed by atoms with van der Waals surface area (Å²) in [6.45, 7) is 2.17. The second-order valence-electron chi connectivity index (χ2n) is 7.96. The molecule has 32 heavy (non-hydrogen) atoms. The van der Waals surface area contributed by atoms with Gasteiger partial charge in [0.25, 0.3) is 0 Å². The lowest BCUT2D eigenvalue weighted by atomic mass is 9.94. The summed E-state index contributed by atoms with van der Waals surface area (Å²) in [5.74, 6) is 1.72. The van der Waals surface area contributed by atoms with E-state index in [9.17, 15) is 4.79 Å². The van der Waals surface area contributed by atoms with Gasteiger partial charge in [0.1, 0.15) is 6.10 Å². The maximum absolute atomic E-state index is 12.7. The quantitative estimate of drug-likeness (QED) is 0.227. The van der Waals surface area contributed by atoms with Crippen molar-refractivity contribution >= 4 is 17.7 Å². The zero-order chi connectivity index (χ0) is 23.1. The monoisotopic (exact) mass is 458 g/mol. The summed E-state index contributed by atoms with van der Waals surface area (Å²) in [5.41, 5.74) is 4.10. The Labute approximate surface area is 195 Å². The molecule has 0 spiro atoms. The van der Waals surface area contributed by atoms with Crippen molar-refractivity contribution in [3.63, 3.8) is 0 Å². The summed E-state index contributed by atoms with van der Waals surface area (Å²) < 4.78 is 23.1. The molecule has 0 bridgehead atoms. The highest BCUT2D eigenvalue weighted by Gasteiger charge is 2.30. The number of carbonyl (C=O) groups excluding carboxylic acids is 1. The van der Waals surface area contributed by atoms with E-state index in [1.807, 2.05) is 6.07 Å². The first-order chi connectivity index (χ1) is 15.6. The second-order valence-corrected chi connectivity index (χ2v) is 8.84. The topological polar surface area (TPSA) is 54.0 Å². The van der Waals surface area contributed by atoms with Crippen LogP contribution in [0.15, 0.2) is 29.2 Å². The van der Waals surface area contributed by atoms with Gasteiger partial charge in [-0.1, -0.05) is 32.3 Å². The zero-order valence-corrected chi connectivity index (χ0v) is 20.6. The Morgan fingerprint density at radius 3 is 2.47 bits per heavy atom. The van der Waals surface area contributed by atoms with Crippen LogP contribution in [0, 0.1) is 0 Å². The Morgan fingerprint density at radius 2 is 1.81 bits per heavy atom. The fourth-order valence-corrected chi connectivity index (χ4v) is 4.79. The molecule has 6 heteroatoms. The van der Waals surface area contributed by atoms with Crippen molar-refractivity contribution < 1.29 is 23.7 Å². The van der Waals surface area contributed by atoms with Crippen molar-refractivity contribution in [2.24, 2.45) is 0 Å². The third-order valence-electron chi connectivity index (χ3n) is 5.97. The van der Waals surface area contributed by atoms with Crippen LogP contribution in [0.4, 0.5) is 0 Å². The molecule has 0 unspecified atom stereocenters. The average molecular weight is 459 g/mol. The summed E-state index contributed by atoms with van der Waals surface area (Å²) >= 11 is 1.68. The van der Waals surface area contributed by atoms with Gasteiger partial charge < -0.3 is 18.9 Å². The molecule has 0 saturated carbocycles. The van der Waals surface area contributed by atoms with Crippen molar-refractivity contribution in [1.82, 2.24) is 0 Å². The van der Waals surface area contributed by atoms with E-state index in [-0.39, 0.29) is 12.1 Å². The molecule has 0 aliphatic heterocycles. The average Bonchev–Trinajstić information content (AvgIpc) is 2.97. The van der Waals surface area contributed by atoms with Gasteiger partial charge in [-0.15, -0.1) is 11.8 Å². The number of ether oxygens (including phenoxy) is 4. The maximum Gasteiger partial charge on any atom is 0.306 e. The molecular formula is C26H34O5S. The van der Waals surface area contributed by atoms with E-state index in [0.717, 1.165) is 59.3 Å². The number of hydrogen-bond acceptors (Lipinski definition) is 6. The Balaban J connectivity index is 2.04. The predicted octanol–water partition coefficient (Wildman–Crippen LogP) is 6.60. The third-order valence-corrected chi connectivity index (χ3v) is 6.70. The Hall–Kier alpha value is -2.34. The molecule has 0 radical (unpaired) electrons. The number of hydrogen-bond donors (Lipinski definition) is 0. The molecule has 0 aromatic heterocycles. The highest BCUT2D eigenvalue weighted by molar-refractivity contribution is 7.98. The van der Waals surface area contributed by atoms with Crippen molar-refractivity contribution in [3.8, 4) is 28.4 Å². The van der Waals surface area contributed by atoms with E-state index in [1.54, 1.807) is 33.1 Å². The van der Waals surface area contributed by atoms with Crippen LogP contribution < -0.4 is 14.2 Å². The molecular weight excluding hydrogens is 424 g/mol. The van der Waals surface area contributed by atoms with Crippen LogP contribution in [-0.2, 0) is 16.0 Å². The largest absolute Gasteiger partial charge is 0.493 e. The van der Waals surface area contributed by atoms with Gasteiger partial charge in [-0.3, -0.25) is 4.79 Å². The van der Waals surface area contributed by atoms with Gasteiger partial charge in [0.05, 0.1) is 21.3 Å². The van der Waals surface area contributed by atoms with Crippen LogP contribution in [0.3, 0.4) is 0 Å². The number of aryl methyl sites for hydroxylation is 1. The van der Waals surface area contributed by atoms with Crippen LogP contribution in [0.2, 0.25) is 0 Å². The van der Waals surface area contributed by atoms with Gasteiger partial charge in [-0.05, 0) is 54.8 Å². The van der Waals surface area contributed by atoms with E-state index in [2.05, 4.69) is 31.4 Å². The van der Waals surface area contributed by atoms with Crippen LogP contribution in [0.5, 0.6) is 17.2 Å². The fourth-order valence-electron chi connectivity index (χ4n) is 4.34. The first-order valence-corrected chi connectivity index (χ1v) is 12.5. The minimum atomic E-state index is -0.301. The molecule has 174 valence electrons. The molecule has 0 amide bonds. The second kappa shape index (κ2) is 11.5. The van der Waals surface area contributed by atoms with Gasteiger partial charge in [0, 0.05) is 22.4 Å². The molecule has 1 aliphatic carbocycles. The van der Waals surface area contributed by atoms with Crippen molar-refractivity contribution in [2.75, 3.05) is 27.6 Å². The maximum atomic E-state index is 12.7. The number of unbranched alkanes of at least 4 members (excludes halogenated alkanes) is 3. The number of fused-ring (bicyclic) bond motifs is 3. The predicted molar refractivity (Wildman–Crippen MR) is 129 cm³/mol. The van der Waals surface area contributed by atoms with Crippen molar-refractivity contribution in [1.29, 1.82) is 0 Å². The standard InChI is InChI=1S/C26H34O5S/c1-6-7-8-9-10-23(27)31-21-14-11-17-15-22(28-2)25(29-3)26(30-4)24(17)19-13-12-18(32-5)16-20(19)21/h12-13,15-16,21H,6-11,14H2,1-5H3/t21-/m0/s1. The smallest absolute Gasteiger partial charge is 0.306 e. The van der Waals surface area contributed by atoms with E-state index in [1.165, 1.54) is 0 Å². The van der Waals surface area contributed by atoms with Gasteiger partial charge in [0.2, 0.25) is 5.75 Å². The number of esters is 1. The molecule has 3 rings (SSSR count). The highest BCUT2D eigenvalue weighted by Crippen LogP contribution is 2.51. The molecule has 1 aliphatic rings. The number of benzene rings is 2. The summed E-state index contributed by atoms with van der Waals surface area (Å²) in [6.07, 6.45) is 7.89. The van der Waals surface area contributed by atoms with Crippen LogP contribution in [0.25, 0.3) is 11.1 Å². The molecule has 2 aromatic rings. The zero-order valence-electron chi connectivity index (χ0n) is 19.8. The molecule has 0 fully saturated rings. The van der Waals surface area contributed by atoms with Crippen LogP contribution in [0.1, 0.15) is 62.7 Å². The lowest BCUT2D eigenvalue weighted by Crippen LogP contribution is -2.12. The van der Waals surface area contributed by atoms with Gasteiger partial charge >= 0.3 is 5.97 Å². The summed E-state index contributed by atoms with van der Waals surface area (Å²) in [6, 6.07) is 8.35. The van der Waals surface area contributed by atoms with Gasteiger partial charge in [0.15, 0.2) is 11.5 Å².